The highest BCUT2D eigenvalue weighted by molar-refractivity contribution is 6.09. The van der Waals surface area contributed by atoms with E-state index in [-0.39, 0.29) is 28.8 Å². The Morgan fingerprint density at radius 2 is 2.05 bits per heavy atom. The van der Waals surface area contributed by atoms with Crippen LogP contribution in [-0.4, -0.2) is 57.4 Å². The minimum absolute atomic E-state index is 0.00872. The Balaban J connectivity index is 1.36. The Bertz CT molecular complexity index is 1400. The molecule has 194 valence electrons. The fourth-order valence-corrected chi connectivity index (χ4v) is 5.39. The number of aryl methyl sites for hydroxylation is 1. The lowest BCUT2D eigenvalue weighted by Gasteiger charge is -2.18. The molecule has 10 heteroatoms. The van der Waals surface area contributed by atoms with Gasteiger partial charge in [0.1, 0.15) is 23.3 Å². The third-order valence-corrected chi connectivity index (χ3v) is 7.97. The quantitative estimate of drug-likeness (QED) is 0.492. The van der Waals surface area contributed by atoms with Gasteiger partial charge in [0, 0.05) is 42.2 Å². The molecule has 1 spiro atoms. The Kier molecular flexibility index (Phi) is 5.65. The monoisotopic (exact) mass is 509 g/mol. The van der Waals surface area contributed by atoms with Gasteiger partial charge in [0.2, 0.25) is 5.91 Å². The van der Waals surface area contributed by atoms with Gasteiger partial charge < -0.3 is 19.9 Å². The number of rotatable bonds is 7. The maximum Gasteiger partial charge on any atom is 0.263 e. The number of benzene rings is 1. The van der Waals surface area contributed by atoms with Crippen molar-refractivity contribution in [1.29, 1.82) is 0 Å². The van der Waals surface area contributed by atoms with Crippen LogP contribution in [0.5, 0.6) is 5.75 Å². The van der Waals surface area contributed by atoms with E-state index in [1.54, 1.807) is 24.8 Å². The van der Waals surface area contributed by atoms with Crippen LogP contribution in [0.25, 0.3) is 22.3 Å². The first kappa shape index (κ1) is 23.8. The fourth-order valence-electron chi connectivity index (χ4n) is 5.39. The number of nitrogens with one attached hydrogen (secondary N) is 2. The number of nitrogens with zero attached hydrogens (tertiary/aromatic N) is 3. The van der Waals surface area contributed by atoms with Gasteiger partial charge in [0.25, 0.3) is 12.3 Å². The van der Waals surface area contributed by atoms with Crippen molar-refractivity contribution in [2.24, 2.45) is 11.3 Å². The molecule has 1 aromatic carbocycles. The van der Waals surface area contributed by atoms with Crippen molar-refractivity contribution in [3.8, 4) is 17.0 Å². The number of aromatic nitrogens is 3. The van der Waals surface area contributed by atoms with Crippen LogP contribution < -0.4 is 10.1 Å². The summed E-state index contributed by atoms with van der Waals surface area (Å²) in [6.07, 6.45) is 2.86. The number of alkyl halides is 2. The molecule has 2 N–H and O–H groups in total. The maximum atomic E-state index is 13.6. The summed E-state index contributed by atoms with van der Waals surface area (Å²) in [5.74, 6) is 0.692. The molecule has 37 heavy (non-hydrogen) atoms. The molecule has 3 aliphatic rings. The van der Waals surface area contributed by atoms with Crippen LogP contribution in [0, 0.1) is 18.3 Å². The molecule has 1 saturated heterocycles. The lowest BCUT2D eigenvalue weighted by atomic mass is 10.00. The normalized spacial score (nSPS) is 20.1. The zero-order chi connectivity index (χ0) is 25.9. The minimum Gasteiger partial charge on any atom is -0.493 e. The molecule has 3 aromatic rings. The summed E-state index contributed by atoms with van der Waals surface area (Å²) in [4.78, 5) is 39.3. The summed E-state index contributed by atoms with van der Waals surface area (Å²) in [7, 11) is 0. The third-order valence-electron chi connectivity index (χ3n) is 7.97. The molecule has 1 unspecified atom stereocenters. The summed E-state index contributed by atoms with van der Waals surface area (Å²) < 4.78 is 33.2. The van der Waals surface area contributed by atoms with Crippen molar-refractivity contribution in [2.45, 2.75) is 52.0 Å². The standard InChI is InChI=1S/C27H29F2N5O3/c1-14-21(26(36)33-20-10-34(15(2)35)12-27(20)7-8-27)23-24(32-14)22(30-13-31-23)18-9-17(25(28)29)5-6-19(18)37-11-16-3-4-16/h5-6,9,13,16,20,25,32H,3-4,7-8,10-12H2,1-2H3,(H,33,36). The van der Waals surface area contributed by atoms with Crippen molar-refractivity contribution in [1.82, 2.24) is 25.2 Å². The van der Waals surface area contributed by atoms with Crippen LogP contribution in [0.1, 0.15) is 60.6 Å². The summed E-state index contributed by atoms with van der Waals surface area (Å²) in [6, 6.07) is 4.20. The number of halogens is 2. The Hall–Kier alpha value is -3.56. The topological polar surface area (TPSA) is 100 Å². The zero-order valence-electron chi connectivity index (χ0n) is 20.8. The summed E-state index contributed by atoms with van der Waals surface area (Å²) in [6.45, 7) is 5.01. The van der Waals surface area contributed by atoms with Gasteiger partial charge in [-0.15, -0.1) is 0 Å². The largest absolute Gasteiger partial charge is 0.493 e. The van der Waals surface area contributed by atoms with Crippen LogP contribution in [0.2, 0.25) is 0 Å². The zero-order valence-corrected chi connectivity index (χ0v) is 20.8. The summed E-state index contributed by atoms with van der Waals surface area (Å²) in [5, 5.41) is 3.15. The van der Waals surface area contributed by atoms with Crippen molar-refractivity contribution in [2.75, 3.05) is 19.7 Å². The summed E-state index contributed by atoms with van der Waals surface area (Å²) in [5.41, 5.74) is 2.56. The van der Waals surface area contributed by atoms with E-state index in [9.17, 15) is 18.4 Å². The average Bonchev–Trinajstić information content (AvgIpc) is 3.77. The number of amides is 2. The fraction of sp³-hybridized carbons (Fsp3) is 0.481. The lowest BCUT2D eigenvalue weighted by Crippen LogP contribution is -2.41. The molecule has 2 amide bonds. The number of carbonyl (C=O) groups is 2. The molecule has 3 fully saturated rings. The number of carbonyl (C=O) groups excluding carboxylic acids is 2. The Morgan fingerprint density at radius 3 is 2.73 bits per heavy atom. The molecule has 1 atom stereocenters. The van der Waals surface area contributed by atoms with Gasteiger partial charge >= 0.3 is 0 Å². The van der Waals surface area contributed by atoms with E-state index in [0.29, 0.717) is 64.9 Å². The molecule has 2 aliphatic carbocycles. The van der Waals surface area contributed by atoms with E-state index >= 15 is 0 Å². The van der Waals surface area contributed by atoms with Crippen molar-refractivity contribution in [3.05, 3.63) is 41.3 Å². The first-order valence-electron chi connectivity index (χ1n) is 12.7. The van der Waals surface area contributed by atoms with Gasteiger partial charge in [0.05, 0.1) is 23.7 Å². The van der Waals surface area contributed by atoms with Crippen LogP contribution in [-0.2, 0) is 4.79 Å². The van der Waals surface area contributed by atoms with Gasteiger partial charge in [-0.3, -0.25) is 9.59 Å². The van der Waals surface area contributed by atoms with Gasteiger partial charge in [-0.1, -0.05) is 0 Å². The van der Waals surface area contributed by atoms with Crippen molar-refractivity contribution >= 4 is 22.8 Å². The number of hydrogen-bond acceptors (Lipinski definition) is 5. The molecular formula is C27H29F2N5O3. The number of ether oxygens (including phenoxy) is 1. The number of H-pyrrole nitrogens is 1. The summed E-state index contributed by atoms with van der Waals surface area (Å²) >= 11 is 0. The average molecular weight is 510 g/mol. The molecule has 2 aromatic heterocycles. The van der Waals surface area contributed by atoms with E-state index in [2.05, 4.69) is 20.3 Å². The third kappa shape index (κ3) is 4.32. The highest BCUT2D eigenvalue weighted by atomic mass is 19.3. The number of likely N-dealkylation sites (tertiary alicyclic amines) is 1. The number of hydrogen-bond donors (Lipinski definition) is 2. The van der Waals surface area contributed by atoms with E-state index in [1.807, 2.05) is 0 Å². The SMILES string of the molecule is CC(=O)N1CC(NC(=O)c2c(C)[nH]c3c(-c4cc(C(F)F)ccc4OCC4CC4)ncnc23)C2(CC2)C1. The highest BCUT2D eigenvalue weighted by Crippen LogP contribution is 2.53. The predicted octanol–water partition coefficient (Wildman–Crippen LogP) is 4.40. The second kappa shape index (κ2) is 8.78. The number of fused-ring (bicyclic) bond motifs is 1. The van der Waals surface area contributed by atoms with Gasteiger partial charge in [-0.25, -0.2) is 18.7 Å². The van der Waals surface area contributed by atoms with Gasteiger partial charge in [0.15, 0.2) is 0 Å². The minimum atomic E-state index is -2.64. The van der Waals surface area contributed by atoms with Gasteiger partial charge in [-0.05, 0) is 56.7 Å². The Morgan fingerprint density at radius 1 is 1.27 bits per heavy atom. The van der Waals surface area contributed by atoms with E-state index in [1.165, 1.54) is 18.5 Å². The van der Waals surface area contributed by atoms with Crippen LogP contribution in [0.3, 0.4) is 0 Å². The van der Waals surface area contributed by atoms with E-state index in [0.717, 1.165) is 25.7 Å². The molecule has 1 aliphatic heterocycles. The first-order valence-corrected chi connectivity index (χ1v) is 12.7. The van der Waals surface area contributed by atoms with Gasteiger partial charge in [-0.2, -0.15) is 0 Å². The maximum absolute atomic E-state index is 13.6. The second-order valence-corrected chi connectivity index (χ2v) is 10.7. The van der Waals surface area contributed by atoms with Crippen LogP contribution in [0.4, 0.5) is 8.78 Å². The van der Waals surface area contributed by atoms with Crippen LogP contribution >= 0.6 is 0 Å². The molecule has 6 rings (SSSR count). The first-order chi connectivity index (χ1) is 17.8. The Labute approximate surface area is 212 Å². The number of aromatic amines is 1. The molecule has 3 heterocycles. The molecule has 8 nitrogen and oxygen atoms in total. The van der Waals surface area contributed by atoms with E-state index in [4.69, 9.17) is 4.74 Å². The molecular weight excluding hydrogens is 480 g/mol. The molecule has 0 radical (unpaired) electrons. The lowest BCUT2D eigenvalue weighted by molar-refractivity contribution is -0.128. The highest BCUT2D eigenvalue weighted by Gasteiger charge is 2.56. The van der Waals surface area contributed by atoms with Crippen LogP contribution in [0.15, 0.2) is 24.5 Å². The van der Waals surface area contributed by atoms with Crippen molar-refractivity contribution in [3.63, 3.8) is 0 Å². The molecule has 0 bridgehead atoms. The predicted molar refractivity (Wildman–Crippen MR) is 132 cm³/mol. The van der Waals surface area contributed by atoms with E-state index < -0.39 is 6.43 Å². The van der Waals surface area contributed by atoms with Crippen molar-refractivity contribution < 1.29 is 23.1 Å². The smallest absolute Gasteiger partial charge is 0.263 e. The second-order valence-electron chi connectivity index (χ2n) is 10.7. The molecule has 2 saturated carbocycles.